The van der Waals surface area contributed by atoms with Gasteiger partial charge in [-0.25, -0.2) is 0 Å². The van der Waals surface area contributed by atoms with Crippen LogP contribution in [-0.2, 0) is 4.74 Å². The van der Waals surface area contributed by atoms with Crippen LogP contribution in [0.1, 0.15) is 52.4 Å². The van der Waals surface area contributed by atoms with Crippen LogP contribution in [-0.4, -0.2) is 36.5 Å². The Morgan fingerprint density at radius 1 is 1.44 bits per heavy atom. The number of hydrogen-bond acceptors (Lipinski definition) is 3. The summed E-state index contributed by atoms with van der Waals surface area (Å²) in [6.07, 6.45) is 7.01. The van der Waals surface area contributed by atoms with Gasteiger partial charge >= 0.3 is 0 Å². The maximum atomic E-state index is 9.54. The second-order valence-corrected chi connectivity index (χ2v) is 4.91. The average Bonchev–Trinajstić information content (AvgIpc) is 2.30. The highest BCUT2D eigenvalue weighted by Crippen LogP contribution is 2.30. The molecule has 0 amide bonds. The highest BCUT2D eigenvalue weighted by atomic mass is 16.5. The van der Waals surface area contributed by atoms with Gasteiger partial charge in [-0.2, -0.15) is 0 Å². The summed E-state index contributed by atoms with van der Waals surface area (Å²) >= 11 is 0. The first-order chi connectivity index (χ1) is 7.76. The molecule has 1 rings (SSSR count). The second-order valence-electron chi connectivity index (χ2n) is 4.91. The van der Waals surface area contributed by atoms with E-state index in [9.17, 15) is 5.11 Å². The van der Waals surface area contributed by atoms with Crippen LogP contribution in [0.4, 0.5) is 0 Å². The highest BCUT2D eigenvalue weighted by molar-refractivity contribution is 4.93. The van der Waals surface area contributed by atoms with Crippen molar-refractivity contribution in [2.75, 3.05) is 19.8 Å². The first-order valence-electron chi connectivity index (χ1n) is 6.74. The second kappa shape index (κ2) is 7.25. The maximum Gasteiger partial charge on any atom is 0.0614 e. The lowest BCUT2D eigenvalue weighted by atomic mass is 9.80. The molecule has 2 unspecified atom stereocenters. The zero-order chi connectivity index (χ0) is 11.9. The Morgan fingerprint density at radius 3 is 2.88 bits per heavy atom. The summed E-state index contributed by atoms with van der Waals surface area (Å²) in [5.41, 5.74) is -0.0795. The average molecular weight is 229 g/mol. The Bertz CT molecular complexity index is 183. The lowest BCUT2D eigenvalue weighted by Crippen LogP contribution is -2.53. The number of ether oxygens (including phenoxy) is 1. The smallest absolute Gasteiger partial charge is 0.0614 e. The Kier molecular flexibility index (Phi) is 6.32. The largest absolute Gasteiger partial charge is 0.394 e. The number of rotatable bonds is 7. The van der Waals surface area contributed by atoms with E-state index in [4.69, 9.17) is 4.74 Å². The molecule has 0 aliphatic heterocycles. The Balaban J connectivity index is 2.38. The minimum atomic E-state index is -0.0795. The van der Waals surface area contributed by atoms with E-state index in [2.05, 4.69) is 19.2 Å². The van der Waals surface area contributed by atoms with Crippen molar-refractivity contribution in [1.82, 2.24) is 5.32 Å². The summed E-state index contributed by atoms with van der Waals surface area (Å²) in [7, 11) is 0. The van der Waals surface area contributed by atoms with Gasteiger partial charge in [-0.1, -0.05) is 20.3 Å². The topological polar surface area (TPSA) is 41.5 Å². The molecule has 1 aliphatic carbocycles. The number of unbranched alkanes of at least 4 members (excludes halogenated alkanes) is 1. The summed E-state index contributed by atoms with van der Waals surface area (Å²) in [5, 5.41) is 13.0. The van der Waals surface area contributed by atoms with Crippen LogP contribution in [0.3, 0.4) is 0 Å². The fraction of sp³-hybridized carbons (Fsp3) is 1.00. The minimum absolute atomic E-state index is 0.0795. The fourth-order valence-electron chi connectivity index (χ4n) is 2.58. The van der Waals surface area contributed by atoms with Crippen molar-refractivity contribution in [3.05, 3.63) is 0 Å². The van der Waals surface area contributed by atoms with Crippen LogP contribution in [0.15, 0.2) is 0 Å². The summed E-state index contributed by atoms with van der Waals surface area (Å²) in [6.45, 7) is 6.30. The van der Waals surface area contributed by atoms with Gasteiger partial charge in [0.25, 0.3) is 0 Å². The van der Waals surface area contributed by atoms with Crippen LogP contribution in [0, 0.1) is 0 Å². The predicted octanol–water partition coefficient (Wildman–Crippen LogP) is 2.09. The summed E-state index contributed by atoms with van der Waals surface area (Å²) in [4.78, 5) is 0. The minimum Gasteiger partial charge on any atom is -0.394 e. The molecular formula is C13H27NO2. The molecule has 0 bridgehead atoms. The van der Waals surface area contributed by atoms with Crippen molar-refractivity contribution in [2.24, 2.45) is 0 Å². The van der Waals surface area contributed by atoms with Crippen LogP contribution in [0.2, 0.25) is 0 Å². The van der Waals surface area contributed by atoms with E-state index in [0.717, 1.165) is 45.3 Å². The van der Waals surface area contributed by atoms with Gasteiger partial charge in [-0.05, 0) is 38.6 Å². The lowest BCUT2D eigenvalue weighted by Gasteiger charge is -2.40. The van der Waals surface area contributed by atoms with Gasteiger partial charge in [0.2, 0.25) is 0 Å². The molecule has 3 heteroatoms. The van der Waals surface area contributed by atoms with Crippen molar-refractivity contribution < 1.29 is 9.84 Å². The van der Waals surface area contributed by atoms with Crippen molar-refractivity contribution >= 4 is 0 Å². The monoisotopic (exact) mass is 229 g/mol. The van der Waals surface area contributed by atoms with Crippen molar-refractivity contribution in [1.29, 1.82) is 0 Å². The summed E-state index contributed by atoms with van der Waals surface area (Å²) < 4.78 is 5.88. The Hall–Kier alpha value is -0.120. The van der Waals surface area contributed by atoms with E-state index in [1.807, 2.05) is 0 Å². The van der Waals surface area contributed by atoms with Crippen molar-refractivity contribution in [3.8, 4) is 0 Å². The zero-order valence-electron chi connectivity index (χ0n) is 10.8. The zero-order valence-corrected chi connectivity index (χ0v) is 10.8. The summed E-state index contributed by atoms with van der Waals surface area (Å²) in [6, 6.07) is 0. The lowest BCUT2D eigenvalue weighted by molar-refractivity contribution is -0.0161. The molecule has 0 aromatic carbocycles. The highest BCUT2D eigenvalue weighted by Gasteiger charge is 2.35. The molecule has 1 aliphatic rings. The van der Waals surface area contributed by atoms with E-state index < -0.39 is 0 Å². The first-order valence-corrected chi connectivity index (χ1v) is 6.74. The first kappa shape index (κ1) is 13.9. The van der Waals surface area contributed by atoms with Crippen LogP contribution in [0.25, 0.3) is 0 Å². The Morgan fingerprint density at radius 2 is 2.25 bits per heavy atom. The number of hydrogen-bond donors (Lipinski definition) is 2. The molecule has 3 nitrogen and oxygen atoms in total. The van der Waals surface area contributed by atoms with E-state index in [1.165, 1.54) is 6.42 Å². The normalized spacial score (nSPS) is 30.6. The molecule has 2 N–H and O–H groups in total. The number of nitrogens with one attached hydrogen (secondary N) is 1. The number of likely N-dealkylation sites (N-methyl/N-ethyl adjacent to an activating group) is 1. The van der Waals surface area contributed by atoms with Crippen LogP contribution < -0.4 is 5.32 Å². The van der Waals surface area contributed by atoms with E-state index in [-0.39, 0.29) is 12.1 Å². The SMILES string of the molecule is CCCCOC1CCCC(CO)(NCC)C1. The van der Waals surface area contributed by atoms with Crippen LogP contribution >= 0.6 is 0 Å². The van der Waals surface area contributed by atoms with Gasteiger partial charge in [0, 0.05) is 12.1 Å². The van der Waals surface area contributed by atoms with Crippen molar-refractivity contribution in [3.63, 3.8) is 0 Å². The predicted molar refractivity (Wildman–Crippen MR) is 66.6 cm³/mol. The van der Waals surface area contributed by atoms with Gasteiger partial charge < -0.3 is 15.2 Å². The summed E-state index contributed by atoms with van der Waals surface area (Å²) in [5.74, 6) is 0. The van der Waals surface area contributed by atoms with E-state index in [0.29, 0.717) is 6.10 Å². The third-order valence-electron chi connectivity index (χ3n) is 3.51. The molecule has 0 heterocycles. The van der Waals surface area contributed by atoms with Crippen molar-refractivity contribution in [2.45, 2.75) is 64.0 Å². The third kappa shape index (κ3) is 4.04. The molecule has 0 aromatic heterocycles. The van der Waals surface area contributed by atoms with E-state index in [1.54, 1.807) is 0 Å². The molecule has 0 radical (unpaired) electrons. The van der Waals surface area contributed by atoms with Gasteiger partial charge in [0.05, 0.1) is 12.7 Å². The van der Waals surface area contributed by atoms with Gasteiger partial charge in [-0.15, -0.1) is 0 Å². The molecule has 1 saturated carbocycles. The molecule has 0 spiro atoms. The number of aliphatic hydroxyl groups is 1. The molecule has 2 atom stereocenters. The van der Waals surface area contributed by atoms with Crippen LogP contribution in [0.5, 0.6) is 0 Å². The standard InChI is InChI=1S/C13H27NO2/c1-3-5-9-16-12-7-6-8-13(10-12,11-15)14-4-2/h12,14-15H,3-11H2,1-2H3. The van der Waals surface area contributed by atoms with Gasteiger partial charge in [0.15, 0.2) is 0 Å². The molecule has 1 fully saturated rings. The van der Waals surface area contributed by atoms with E-state index >= 15 is 0 Å². The third-order valence-corrected chi connectivity index (χ3v) is 3.51. The molecule has 96 valence electrons. The molecule has 16 heavy (non-hydrogen) atoms. The molecular weight excluding hydrogens is 202 g/mol. The van der Waals surface area contributed by atoms with Gasteiger partial charge in [-0.3, -0.25) is 0 Å². The van der Waals surface area contributed by atoms with Gasteiger partial charge in [0.1, 0.15) is 0 Å². The Labute approximate surface area is 99.6 Å². The molecule has 0 aromatic rings. The fourth-order valence-corrected chi connectivity index (χ4v) is 2.58. The number of aliphatic hydroxyl groups excluding tert-OH is 1. The molecule has 0 saturated heterocycles. The maximum absolute atomic E-state index is 9.54. The quantitative estimate of drug-likeness (QED) is 0.657.